The molecule has 1 amide bonds. The third kappa shape index (κ3) is 5.13. The second-order valence-electron chi connectivity index (χ2n) is 7.23. The Bertz CT molecular complexity index is 552. The van der Waals surface area contributed by atoms with Crippen molar-refractivity contribution in [1.29, 1.82) is 0 Å². The lowest BCUT2D eigenvalue weighted by atomic mass is 10.1. The molecule has 1 aliphatic carbocycles. The quantitative estimate of drug-likeness (QED) is 0.779. The number of phenolic OH excluding ortho intramolecular Hbond substituents is 1. The van der Waals surface area contributed by atoms with Crippen LogP contribution >= 0.6 is 0 Å². The number of carbonyl (C=O) groups is 1. The van der Waals surface area contributed by atoms with E-state index in [1.165, 1.54) is 5.56 Å². The molecule has 0 saturated heterocycles. The first-order chi connectivity index (χ1) is 10.8. The molecule has 1 aromatic carbocycles. The van der Waals surface area contributed by atoms with Gasteiger partial charge in [-0.05, 0) is 70.7 Å². The van der Waals surface area contributed by atoms with E-state index in [1.807, 2.05) is 33.8 Å². The number of fused-ring (bicyclic) bond motifs is 1. The van der Waals surface area contributed by atoms with Crippen molar-refractivity contribution in [2.45, 2.75) is 64.6 Å². The number of carbonyl (C=O) groups excluding carboxylic acids is 1. The monoisotopic (exact) mass is 320 g/mol. The summed E-state index contributed by atoms with van der Waals surface area (Å²) in [4.78, 5) is 11.7. The summed E-state index contributed by atoms with van der Waals surface area (Å²) in [6, 6.07) is 6.03. The number of benzene rings is 1. The lowest BCUT2D eigenvalue weighted by Crippen LogP contribution is -2.39. The molecule has 1 aromatic rings. The van der Waals surface area contributed by atoms with Gasteiger partial charge in [0.2, 0.25) is 0 Å². The van der Waals surface area contributed by atoms with Crippen LogP contribution in [0.25, 0.3) is 0 Å². The van der Waals surface area contributed by atoms with Crippen LogP contribution in [0.5, 0.6) is 5.75 Å². The maximum absolute atomic E-state index is 11.7. The van der Waals surface area contributed by atoms with Crippen LogP contribution in [0.3, 0.4) is 0 Å². The Morgan fingerprint density at radius 3 is 2.87 bits per heavy atom. The molecule has 0 heterocycles. The highest BCUT2D eigenvalue weighted by molar-refractivity contribution is 5.68. The van der Waals surface area contributed by atoms with Gasteiger partial charge in [-0.25, -0.2) is 4.79 Å². The first-order valence-electron chi connectivity index (χ1n) is 8.30. The van der Waals surface area contributed by atoms with Crippen molar-refractivity contribution in [3.63, 3.8) is 0 Å². The SMILES string of the molecule is CC(CCNC1CCc2c(O)cccc21)NC(=O)OC(C)(C)C. The van der Waals surface area contributed by atoms with E-state index < -0.39 is 5.60 Å². The molecule has 23 heavy (non-hydrogen) atoms. The first-order valence-corrected chi connectivity index (χ1v) is 8.30. The van der Waals surface area contributed by atoms with Crippen molar-refractivity contribution in [3.8, 4) is 5.75 Å². The molecule has 1 aliphatic rings. The van der Waals surface area contributed by atoms with Crippen LogP contribution in [0.2, 0.25) is 0 Å². The standard InChI is InChI=1S/C18H28N2O3/c1-12(20-17(22)23-18(2,3)4)10-11-19-15-9-8-14-13(15)6-5-7-16(14)21/h5-7,12,15,19,21H,8-11H2,1-4H3,(H,20,22). The maximum atomic E-state index is 11.7. The van der Waals surface area contributed by atoms with Crippen molar-refractivity contribution in [3.05, 3.63) is 29.3 Å². The van der Waals surface area contributed by atoms with Crippen molar-refractivity contribution < 1.29 is 14.6 Å². The van der Waals surface area contributed by atoms with E-state index in [2.05, 4.69) is 16.7 Å². The zero-order valence-electron chi connectivity index (χ0n) is 14.5. The molecule has 0 aliphatic heterocycles. The van der Waals surface area contributed by atoms with Gasteiger partial charge >= 0.3 is 6.09 Å². The lowest BCUT2D eigenvalue weighted by molar-refractivity contribution is 0.0506. The van der Waals surface area contributed by atoms with Gasteiger partial charge in [0, 0.05) is 12.1 Å². The second-order valence-corrected chi connectivity index (χ2v) is 7.23. The molecule has 2 unspecified atom stereocenters. The third-order valence-electron chi connectivity index (χ3n) is 3.98. The van der Waals surface area contributed by atoms with Crippen LogP contribution < -0.4 is 10.6 Å². The Morgan fingerprint density at radius 2 is 2.17 bits per heavy atom. The van der Waals surface area contributed by atoms with E-state index in [0.717, 1.165) is 31.4 Å². The Labute approximate surface area is 138 Å². The van der Waals surface area contributed by atoms with Gasteiger partial charge in [0.25, 0.3) is 0 Å². The molecular formula is C18H28N2O3. The Kier molecular flexibility index (Phi) is 5.52. The molecule has 0 aromatic heterocycles. The molecule has 2 atom stereocenters. The summed E-state index contributed by atoms with van der Waals surface area (Å²) >= 11 is 0. The molecule has 0 radical (unpaired) electrons. The first kappa shape index (κ1) is 17.6. The summed E-state index contributed by atoms with van der Waals surface area (Å²) in [5.41, 5.74) is 1.78. The van der Waals surface area contributed by atoms with Crippen molar-refractivity contribution >= 4 is 6.09 Å². The molecule has 0 fully saturated rings. The highest BCUT2D eigenvalue weighted by Crippen LogP contribution is 2.36. The minimum absolute atomic E-state index is 0.0439. The molecule has 2 rings (SSSR count). The van der Waals surface area contributed by atoms with Crippen LogP contribution in [0.4, 0.5) is 4.79 Å². The number of rotatable bonds is 5. The highest BCUT2D eigenvalue weighted by Gasteiger charge is 2.24. The zero-order chi connectivity index (χ0) is 17.0. The molecule has 3 N–H and O–H groups in total. The number of aromatic hydroxyl groups is 1. The van der Waals surface area contributed by atoms with Gasteiger partial charge in [0.1, 0.15) is 11.4 Å². The molecule has 5 heteroatoms. The predicted octanol–water partition coefficient (Wildman–Crippen LogP) is 3.27. The van der Waals surface area contributed by atoms with Gasteiger partial charge in [-0.3, -0.25) is 0 Å². The zero-order valence-corrected chi connectivity index (χ0v) is 14.5. The normalized spacial score (nSPS) is 18.3. The smallest absolute Gasteiger partial charge is 0.407 e. The summed E-state index contributed by atoms with van der Waals surface area (Å²) in [5, 5.41) is 16.2. The number of ether oxygens (including phenoxy) is 1. The summed E-state index contributed by atoms with van der Waals surface area (Å²) in [6.45, 7) is 8.33. The van der Waals surface area contributed by atoms with Gasteiger partial charge in [0.15, 0.2) is 0 Å². The van der Waals surface area contributed by atoms with Crippen molar-refractivity contribution in [2.75, 3.05) is 6.54 Å². The largest absolute Gasteiger partial charge is 0.508 e. The molecule has 0 spiro atoms. The van der Waals surface area contributed by atoms with Crippen LogP contribution in [-0.4, -0.2) is 29.4 Å². The number of hydrogen-bond donors (Lipinski definition) is 3. The van der Waals surface area contributed by atoms with E-state index in [4.69, 9.17) is 4.74 Å². The summed E-state index contributed by atoms with van der Waals surface area (Å²) < 4.78 is 5.25. The molecule has 5 nitrogen and oxygen atoms in total. The number of alkyl carbamates (subject to hydrolysis) is 1. The van der Waals surface area contributed by atoms with Gasteiger partial charge in [-0.15, -0.1) is 0 Å². The lowest BCUT2D eigenvalue weighted by Gasteiger charge is -2.22. The van der Waals surface area contributed by atoms with E-state index in [-0.39, 0.29) is 18.2 Å². The number of nitrogens with one attached hydrogen (secondary N) is 2. The van der Waals surface area contributed by atoms with Gasteiger partial charge in [0.05, 0.1) is 0 Å². The summed E-state index contributed by atoms with van der Waals surface area (Å²) in [6.07, 6.45) is 2.36. The average Bonchev–Trinajstić information content (AvgIpc) is 2.81. The van der Waals surface area contributed by atoms with Crippen molar-refractivity contribution in [2.24, 2.45) is 0 Å². The number of hydrogen-bond acceptors (Lipinski definition) is 4. The summed E-state index contributed by atoms with van der Waals surface area (Å²) in [7, 11) is 0. The van der Waals surface area contributed by atoms with E-state index in [1.54, 1.807) is 6.07 Å². The predicted molar refractivity (Wildman–Crippen MR) is 90.6 cm³/mol. The highest BCUT2D eigenvalue weighted by atomic mass is 16.6. The van der Waals surface area contributed by atoms with E-state index >= 15 is 0 Å². The Hall–Kier alpha value is -1.75. The van der Waals surface area contributed by atoms with Crippen molar-refractivity contribution in [1.82, 2.24) is 10.6 Å². The number of phenols is 1. The van der Waals surface area contributed by atoms with Crippen LogP contribution in [-0.2, 0) is 11.2 Å². The minimum atomic E-state index is -0.475. The fourth-order valence-corrected chi connectivity index (χ4v) is 2.90. The minimum Gasteiger partial charge on any atom is -0.508 e. The molecular weight excluding hydrogens is 292 g/mol. The van der Waals surface area contributed by atoms with E-state index in [9.17, 15) is 9.90 Å². The second kappa shape index (κ2) is 7.21. The van der Waals surface area contributed by atoms with Crippen LogP contribution in [0.15, 0.2) is 18.2 Å². The van der Waals surface area contributed by atoms with Gasteiger partial charge < -0.3 is 20.5 Å². The molecule has 128 valence electrons. The third-order valence-corrected chi connectivity index (χ3v) is 3.98. The maximum Gasteiger partial charge on any atom is 0.407 e. The van der Waals surface area contributed by atoms with Crippen LogP contribution in [0, 0.1) is 0 Å². The molecule has 0 saturated carbocycles. The number of amides is 1. The summed E-state index contributed by atoms with van der Waals surface area (Å²) in [5.74, 6) is 0.395. The fraction of sp³-hybridized carbons (Fsp3) is 0.611. The molecule has 0 bridgehead atoms. The fourth-order valence-electron chi connectivity index (χ4n) is 2.90. The van der Waals surface area contributed by atoms with Gasteiger partial charge in [-0.1, -0.05) is 12.1 Å². The Balaban J connectivity index is 1.74. The van der Waals surface area contributed by atoms with Crippen LogP contribution in [0.1, 0.15) is 57.7 Å². The Morgan fingerprint density at radius 1 is 1.43 bits per heavy atom. The average molecular weight is 320 g/mol. The van der Waals surface area contributed by atoms with E-state index in [0.29, 0.717) is 5.75 Å². The van der Waals surface area contributed by atoms with Gasteiger partial charge in [-0.2, -0.15) is 0 Å². The topological polar surface area (TPSA) is 70.6 Å².